The molecule has 0 bridgehead atoms. The average molecular weight is 723 g/mol. The molecule has 8 aromatic carbocycles. The van der Waals surface area contributed by atoms with Crippen LogP contribution in [0.3, 0.4) is 0 Å². The number of fused-ring (bicyclic) bond motifs is 5. The number of para-hydroxylation sites is 3. The van der Waals surface area contributed by atoms with Gasteiger partial charge in [-0.2, -0.15) is 0 Å². The van der Waals surface area contributed by atoms with E-state index in [9.17, 15) is 0 Å². The van der Waals surface area contributed by atoms with Gasteiger partial charge in [-0.1, -0.05) is 115 Å². The molecule has 0 saturated heterocycles. The molecule has 1 aliphatic rings. The lowest BCUT2D eigenvalue weighted by Gasteiger charge is -2.28. The van der Waals surface area contributed by atoms with E-state index in [4.69, 9.17) is 19.4 Å². The minimum absolute atomic E-state index is 0.614. The molecule has 0 fully saturated rings. The molecule has 6 heteroatoms. The number of aromatic nitrogens is 3. The van der Waals surface area contributed by atoms with Gasteiger partial charge in [0.15, 0.2) is 17.5 Å². The molecule has 0 aliphatic carbocycles. The van der Waals surface area contributed by atoms with E-state index in [0.29, 0.717) is 17.5 Å². The maximum Gasteiger partial charge on any atom is 0.164 e. The lowest BCUT2D eigenvalue weighted by molar-refractivity contribution is 0.669. The lowest BCUT2D eigenvalue weighted by atomic mass is 9.94. The van der Waals surface area contributed by atoms with Crippen LogP contribution < -0.4 is 4.90 Å². The molecule has 0 amide bonds. The number of furan rings is 1. The largest absolute Gasteiger partial charge is 0.456 e. The van der Waals surface area contributed by atoms with Crippen LogP contribution in [0, 0.1) is 0 Å². The van der Waals surface area contributed by atoms with Crippen LogP contribution in [-0.4, -0.2) is 15.0 Å². The van der Waals surface area contributed by atoms with Crippen LogP contribution in [0.5, 0.6) is 0 Å². The number of nitrogens with zero attached hydrogens (tertiary/aromatic N) is 4. The average Bonchev–Trinajstić information content (AvgIpc) is 3.63. The van der Waals surface area contributed by atoms with Gasteiger partial charge >= 0.3 is 0 Å². The topological polar surface area (TPSA) is 55.1 Å². The van der Waals surface area contributed by atoms with Crippen molar-refractivity contribution in [3.8, 4) is 45.3 Å². The van der Waals surface area contributed by atoms with Crippen LogP contribution in [0.15, 0.2) is 196 Å². The molecule has 2 aromatic heterocycles. The number of benzene rings is 8. The number of hydrogen-bond acceptors (Lipinski definition) is 6. The molecule has 1 aliphatic heterocycles. The number of hydrogen-bond donors (Lipinski definition) is 0. The molecule has 0 N–H and O–H groups in total. The molecule has 258 valence electrons. The minimum atomic E-state index is 0.614. The van der Waals surface area contributed by atoms with Crippen molar-refractivity contribution >= 4 is 61.5 Å². The highest BCUT2D eigenvalue weighted by atomic mass is 32.2. The first-order valence-electron chi connectivity index (χ1n) is 18.3. The molecule has 3 heterocycles. The van der Waals surface area contributed by atoms with Crippen molar-refractivity contribution in [3.05, 3.63) is 182 Å². The Morgan fingerprint density at radius 1 is 0.382 bits per heavy atom. The maximum absolute atomic E-state index is 6.15. The van der Waals surface area contributed by atoms with Gasteiger partial charge in [0.2, 0.25) is 0 Å². The minimum Gasteiger partial charge on any atom is -0.456 e. The van der Waals surface area contributed by atoms with Crippen molar-refractivity contribution in [1.29, 1.82) is 0 Å². The highest BCUT2D eigenvalue weighted by Crippen LogP contribution is 2.51. The van der Waals surface area contributed by atoms with Crippen molar-refractivity contribution in [1.82, 2.24) is 15.0 Å². The summed E-state index contributed by atoms with van der Waals surface area (Å²) in [6.45, 7) is 0. The van der Waals surface area contributed by atoms with Gasteiger partial charge in [0.1, 0.15) is 11.2 Å². The van der Waals surface area contributed by atoms with Crippen LogP contribution in [0.1, 0.15) is 0 Å². The molecule has 0 unspecified atom stereocenters. The molecule has 0 atom stereocenters. The van der Waals surface area contributed by atoms with Gasteiger partial charge in [0, 0.05) is 59.7 Å². The van der Waals surface area contributed by atoms with Crippen molar-refractivity contribution in [2.24, 2.45) is 0 Å². The fraction of sp³-hybridized carbons (Fsp3) is 0. The third-order valence-corrected chi connectivity index (χ3v) is 11.4. The highest BCUT2D eigenvalue weighted by molar-refractivity contribution is 7.99. The van der Waals surface area contributed by atoms with Crippen LogP contribution >= 0.6 is 11.8 Å². The first-order valence-corrected chi connectivity index (χ1v) is 19.1. The summed E-state index contributed by atoms with van der Waals surface area (Å²) in [6.07, 6.45) is 0. The summed E-state index contributed by atoms with van der Waals surface area (Å²) in [6, 6.07) is 63.4. The molecule has 0 radical (unpaired) electrons. The second kappa shape index (κ2) is 12.8. The Hall–Kier alpha value is -7.02. The molecular formula is C49H30N4OS. The van der Waals surface area contributed by atoms with E-state index in [1.807, 2.05) is 72.4 Å². The maximum atomic E-state index is 6.15. The Labute approximate surface area is 321 Å². The molecule has 10 aromatic rings. The quantitative estimate of drug-likeness (QED) is 0.170. The molecule has 0 saturated carbocycles. The summed E-state index contributed by atoms with van der Waals surface area (Å²) in [5.41, 5.74) is 10.2. The van der Waals surface area contributed by atoms with Gasteiger partial charge in [-0.3, -0.25) is 0 Å². The lowest BCUT2D eigenvalue weighted by Crippen LogP contribution is -2.10. The van der Waals surface area contributed by atoms with Crippen molar-refractivity contribution < 1.29 is 4.42 Å². The normalized spacial score (nSPS) is 11.9. The van der Waals surface area contributed by atoms with Crippen LogP contribution in [-0.2, 0) is 0 Å². The fourth-order valence-corrected chi connectivity index (χ4v) is 8.87. The van der Waals surface area contributed by atoms with E-state index in [-0.39, 0.29) is 0 Å². The number of rotatable bonds is 6. The first kappa shape index (κ1) is 31.5. The number of anilines is 3. The van der Waals surface area contributed by atoms with Crippen LogP contribution in [0.25, 0.3) is 78.0 Å². The van der Waals surface area contributed by atoms with E-state index in [1.54, 1.807) is 0 Å². The van der Waals surface area contributed by atoms with Gasteiger partial charge in [-0.05, 0) is 95.4 Å². The summed E-state index contributed by atoms with van der Waals surface area (Å²) in [5.74, 6) is 1.88. The van der Waals surface area contributed by atoms with E-state index >= 15 is 0 Å². The first-order chi connectivity index (χ1) is 27.2. The van der Waals surface area contributed by atoms with Crippen LogP contribution in [0.2, 0.25) is 0 Å². The smallest absolute Gasteiger partial charge is 0.164 e. The fourth-order valence-electron chi connectivity index (χ4n) is 7.76. The summed E-state index contributed by atoms with van der Waals surface area (Å²) in [7, 11) is 0. The predicted octanol–water partition coefficient (Wildman–Crippen LogP) is 13.5. The van der Waals surface area contributed by atoms with Crippen molar-refractivity contribution in [3.63, 3.8) is 0 Å². The zero-order valence-electron chi connectivity index (χ0n) is 29.4. The van der Waals surface area contributed by atoms with Gasteiger partial charge < -0.3 is 9.32 Å². The van der Waals surface area contributed by atoms with E-state index in [1.165, 1.54) is 26.3 Å². The zero-order chi connectivity index (χ0) is 36.3. The second-order valence-corrected chi connectivity index (χ2v) is 14.7. The predicted molar refractivity (Wildman–Crippen MR) is 225 cm³/mol. The van der Waals surface area contributed by atoms with Crippen molar-refractivity contribution in [2.75, 3.05) is 4.90 Å². The third-order valence-electron chi connectivity index (χ3n) is 10.3. The highest BCUT2D eigenvalue weighted by Gasteiger charge is 2.24. The third kappa shape index (κ3) is 5.38. The molecule has 0 spiro atoms. The molecule has 55 heavy (non-hydrogen) atoms. The Balaban J connectivity index is 1.08. The Bertz CT molecular complexity index is 3030. The van der Waals surface area contributed by atoms with Gasteiger partial charge in [0.25, 0.3) is 0 Å². The molecule has 11 rings (SSSR count). The van der Waals surface area contributed by atoms with E-state index in [2.05, 4.69) is 126 Å². The zero-order valence-corrected chi connectivity index (χ0v) is 30.2. The van der Waals surface area contributed by atoms with Gasteiger partial charge in [-0.25, -0.2) is 15.0 Å². The summed E-state index contributed by atoms with van der Waals surface area (Å²) < 4.78 is 6.15. The SMILES string of the molecule is c1ccc(-c2nc(-c3ccc4oc5ccccc5c4c3)nc(-c3ccc4c5c(cccc35)-c3cc(N(c5ccccc5)c5ccccc5)ccc3S4)n2)cc1. The monoisotopic (exact) mass is 722 g/mol. The molecular weight excluding hydrogens is 693 g/mol. The molecule has 5 nitrogen and oxygen atoms in total. The Morgan fingerprint density at radius 3 is 1.80 bits per heavy atom. The van der Waals surface area contributed by atoms with Crippen LogP contribution in [0.4, 0.5) is 17.1 Å². The van der Waals surface area contributed by atoms with Crippen molar-refractivity contribution in [2.45, 2.75) is 9.79 Å². The second-order valence-electron chi connectivity index (χ2n) is 13.6. The Kier molecular flexibility index (Phi) is 7.35. The summed E-state index contributed by atoms with van der Waals surface area (Å²) in [5, 5.41) is 4.41. The van der Waals surface area contributed by atoms with E-state index in [0.717, 1.165) is 61.1 Å². The summed E-state index contributed by atoms with van der Waals surface area (Å²) >= 11 is 1.81. The van der Waals surface area contributed by atoms with Gasteiger partial charge in [-0.15, -0.1) is 0 Å². The Morgan fingerprint density at radius 2 is 1.02 bits per heavy atom. The van der Waals surface area contributed by atoms with Gasteiger partial charge in [0.05, 0.1) is 0 Å². The summed E-state index contributed by atoms with van der Waals surface area (Å²) in [4.78, 5) is 20.2. The standard InChI is InChI=1S/C49H30N4OS/c1-4-13-31(14-5-1)47-50-48(32-23-26-43-40(29-32)36-19-10-11-22-42(36)54-43)52-49(51-47)39-25-28-45-46-37(39)20-12-21-38(46)41-30-35(24-27-44(41)55-45)53(33-15-6-2-7-16-33)34-17-8-3-9-18-34/h1-30H. The van der Waals surface area contributed by atoms with E-state index < -0.39 is 0 Å².